The standard InChI is InChI=1S/C8H11NO2S.C7H9N.2C2H6.CH3ClO2S.I2.2HI.V/c1-7-4-3-5-8(6-7)9-12(2,10)11;1-6-3-2-4-7(8)5-6;2*1-2;1-5(2,3)4;1-2;;;/h3-6,9H,1-2H3;2-5H,8H2,1H3;2*1-2H3;1H3;;2*1H;/q;;;;;;;;+2/p-2. The molecule has 0 amide bonds. The van der Waals surface area contributed by atoms with E-state index in [1.54, 1.807) is 12.1 Å². The van der Waals surface area contributed by atoms with Crippen molar-refractivity contribution in [3.63, 3.8) is 0 Å². The summed E-state index contributed by atoms with van der Waals surface area (Å²) >= 11 is 8.98. The third-order valence-electron chi connectivity index (χ3n) is 2.36. The molecule has 2 aromatic carbocycles. The number of nitrogen functional groups attached to an aromatic ring is 1. The van der Waals surface area contributed by atoms with E-state index in [1.807, 2.05) is 77.9 Å². The number of sulfonamides is 1. The van der Waals surface area contributed by atoms with Gasteiger partial charge < -0.3 is 5.73 Å². The number of halogens is 5. The van der Waals surface area contributed by atoms with Crippen LogP contribution in [0.1, 0.15) is 38.8 Å². The van der Waals surface area contributed by atoms with Crippen LogP contribution in [0.3, 0.4) is 0 Å². The molecule has 0 heterocycles. The van der Waals surface area contributed by atoms with Gasteiger partial charge in [0.05, 0.1) is 12.5 Å². The number of nitrogens with one attached hydrogen (secondary N) is 1. The molecule has 0 saturated heterocycles. The van der Waals surface area contributed by atoms with Crippen molar-refractivity contribution in [2.24, 2.45) is 0 Å². The average molecular weight is 1030 g/mol. The van der Waals surface area contributed by atoms with Gasteiger partial charge in [-0.15, -0.1) is 0 Å². The van der Waals surface area contributed by atoms with Crippen LogP contribution < -0.4 is 10.5 Å². The van der Waals surface area contributed by atoms with Crippen LogP contribution in [0, 0.1) is 13.8 Å². The Morgan fingerprint density at radius 1 is 0.824 bits per heavy atom. The molecule has 0 bridgehead atoms. The molecule has 0 aliphatic carbocycles. The molecule has 34 heavy (non-hydrogen) atoms. The van der Waals surface area contributed by atoms with Gasteiger partial charge in [0, 0.05) is 59.3 Å². The summed E-state index contributed by atoms with van der Waals surface area (Å²) < 4.78 is 42.8. The number of hydrogen-bond donors (Lipinski definition) is 2. The minimum atomic E-state index is -3.19. The summed E-state index contributed by atoms with van der Waals surface area (Å²) in [7, 11) is -1.21. The normalized spacial score (nSPS) is 8.74. The fraction of sp³-hybridized carbons (Fsp3) is 0.400. The van der Waals surface area contributed by atoms with Crippen LogP contribution in [0.4, 0.5) is 11.4 Å². The van der Waals surface area contributed by atoms with E-state index < -0.39 is 19.1 Å². The molecule has 2 aromatic rings. The molecule has 0 aliphatic heterocycles. The Balaban J connectivity index is -0.000000111. The first-order valence-corrected chi connectivity index (χ1v) is 29.4. The molecule has 0 unspecified atom stereocenters. The van der Waals surface area contributed by atoms with Gasteiger partial charge in [0.2, 0.25) is 19.1 Å². The Labute approximate surface area is 264 Å². The van der Waals surface area contributed by atoms with Crippen molar-refractivity contribution in [2.75, 3.05) is 23.0 Å². The van der Waals surface area contributed by atoms with Gasteiger partial charge in [0.1, 0.15) is 0 Å². The van der Waals surface area contributed by atoms with Crippen LogP contribution in [0.25, 0.3) is 0 Å². The van der Waals surface area contributed by atoms with Gasteiger partial charge in [-0.1, -0.05) is 52.0 Å². The Morgan fingerprint density at radius 3 is 1.38 bits per heavy atom. The van der Waals surface area contributed by atoms with Gasteiger partial charge in [-0.3, -0.25) is 4.72 Å². The van der Waals surface area contributed by atoms with E-state index in [0.29, 0.717) is 15.2 Å². The van der Waals surface area contributed by atoms with E-state index >= 15 is 0 Å². The quantitative estimate of drug-likeness (QED) is 0.178. The number of benzene rings is 2. The molecule has 6 nitrogen and oxygen atoms in total. The first kappa shape index (κ1) is 45.6. The predicted molar refractivity (Wildman–Crippen MR) is 185 cm³/mol. The Morgan fingerprint density at radius 2 is 1.15 bits per heavy atom. The van der Waals surface area contributed by atoms with Crippen LogP contribution >= 0.6 is 87.9 Å². The van der Waals surface area contributed by atoms with Crippen molar-refractivity contribution in [1.29, 1.82) is 0 Å². The van der Waals surface area contributed by atoms with Crippen molar-refractivity contribution in [2.45, 2.75) is 41.5 Å². The topological polar surface area (TPSA) is 106 Å². The fourth-order valence-electron chi connectivity index (χ4n) is 1.59. The van der Waals surface area contributed by atoms with Gasteiger partial charge >= 0.3 is 49.4 Å². The van der Waals surface area contributed by atoms with Gasteiger partial charge in [0.25, 0.3) is 0 Å². The van der Waals surface area contributed by atoms with Gasteiger partial charge in [-0.05, 0) is 49.2 Å². The van der Waals surface area contributed by atoms with Gasteiger partial charge in [-0.2, -0.15) is 0 Å². The Hall–Kier alpha value is 1.73. The molecule has 2 rings (SSSR count). The van der Waals surface area contributed by atoms with Crippen LogP contribution in [-0.4, -0.2) is 29.3 Å². The predicted octanol–water partition coefficient (Wildman–Crippen LogP) is 8.72. The SMILES string of the molecule is CC.CC.CS(=O)(=O)Cl.Cc1cccc(N)c1.Cc1cccc(NS(C)(=O)=O)c1.II.[I][V][I]. The maximum atomic E-state index is 10.8. The zero-order chi connectivity index (χ0) is 28.4. The van der Waals surface area contributed by atoms with Crippen molar-refractivity contribution in [3.05, 3.63) is 59.7 Å². The van der Waals surface area contributed by atoms with E-state index in [-0.39, 0.29) is 0 Å². The summed E-state index contributed by atoms with van der Waals surface area (Å²) in [5.41, 5.74) is 9.15. The summed E-state index contributed by atoms with van der Waals surface area (Å²) in [6.45, 7) is 11.9. The number of aryl methyl sites for hydroxylation is 2. The molecule has 3 N–H and O–H groups in total. The molecule has 201 valence electrons. The van der Waals surface area contributed by atoms with Crippen molar-refractivity contribution in [1.82, 2.24) is 0 Å². The van der Waals surface area contributed by atoms with Crippen LogP contribution in [0.15, 0.2) is 48.5 Å². The Kier molecular flexibility index (Phi) is 41.6. The molecule has 0 aliphatic rings. The van der Waals surface area contributed by atoms with Crippen molar-refractivity contribution in [3.8, 4) is 0 Å². The van der Waals surface area contributed by atoms with E-state index in [0.717, 1.165) is 23.8 Å². The molecule has 0 fully saturated rings. The number of hydrogen-bond acceptors (Lipinski definition) is 5. The molecular weight excluding hydrogens is 990 g/mol. The second kappa shape index (κ2) is 31.0. The summed E-state index contributed by atoms with van der Waals surface area (Å²) in [5.74, 6) is 0. The first-order valence-electron chi connectivity index (χ1n) is 9.50. The summed E-state index contributed by atoms with van der Waals surface area (Å²) in [5, 5.41) is 0. The molecule has 0 saturated carbocycles. The van der Waals surface area contributed by atoms with E-state index in [4.69, 9.17) is 5.73 Å². The molecule has 0 atom stereocenters. The first-order chi connectivity index (χ1) is 15.7. The van der Waals surface area contributed by atoms with Crippen LogP contribution in [0.5, 0.6) is 0 Å². The Bertz CT molecular complexity index is 899. The van der Waals surface area contributed by atoms with Crippen LogP contribution in [-0.2, 0) is 28.5 Å². The number of rotatable bonds is 2. The fourth-order valence-corrected chi connectivity index (χ4v) is 2.15. The average Bonchev–Trinajstić information content (AvgIpc) is 2.71. The third-order valence-corrected chi connectivity index (χ3v) is 2.97. The summed E-state index contributed by atoms with van der Waals surface area (Å²) in [4.78, 5) is 0. The minimum absolute atomic E-state index is 0.609. The van der Waals surface area contributed by atoms with Crippen molar-refractivity contribution >= 4 is 118 Å². The second-order valence-electron chi connectivity index (χ2n) is 5.40. The molecule has 0 spiro atoms. The number of anilines is 2. The third kappa shape index (κ3) is 50.6. The summed E-state index contributed by atoms with van der Waals surface area (Å²) in [6.07, 6.45) is 2.06. The van der Waals surface area contributed by atoms with E-state index in [2.05, 4.69) is 92.6 Å². The zero-order valence-corrected chi connectivity index (χ0v) is 32.9. The van der Waals surface area contributed by atoms with Crippen molar-refractivity contribution < 1.29 is 26.3 Å². The monoisotopic (exact) mass is 1020 g/mol. The summed E-state index contributed by atoms with van der Waals surface area (Å²) in [6, 6.07) is 15.0. The number of nitrogens with two attached hydrogens (primary N) is 1. The van der Waals surface area contributed by atoms with Crippen LogP contribution in [0.2, 0.25) is 0 Å². The molecule has 0 aromatic heterocycles. The van der Waals surface area contributed by atoms with E-state index in [1.165, 1.54) is 5.56 Å². The zero-order valence-electron chi connectivity index (χ0n) is 20.5. The van der Waals surface area contributed by atoms with Gasteiger partial charge in [-0.25, -0.2) is 16.8 Å². The maximum absolute atomic E-state index is 10.8. The molecular formula is C20H35ClI4N2O4S2V. The molecule has 14 heteroatoms. The van der Waals surface area contributed by atoms with Gasteiger partial charge in [0.15, 0.2) is 0 Å². The second-order valence-corrected chi connectivity index (χ2v) is 22.0. The molecule has 0 radical (unpaired) electrons. The van der Waals surface area contributed by atoms with E-state index in [9.17, 15) is 16.8 Å².